The summed E-state index contributed by atoms with van der Waals surface area (Å²) in [5.41, 5.74) is -0.650. The summed E-state index contributed by atoms with van der Waals surface area (Å²) in [6.45, 7) is 8.35. The van der Waals surface area contributed by atoms with Crippen LogP contribution >= 0.6 is 0 Å². The number of rotatable bonds is 3. The molecule has 0 bridgehead atoms. The molecule has 2 aliphatic heterocycles. The van der Waals surface area contributed by atoms with E-state index in [1.54, 1.807) is 0 Å². The number of morpholine rings is 1. The summed E-state index contributed by atoms with van der Waals surface area (Å²) in [6, 6.07) is 0.434. The number of ether oxygens (including phenoxy) is 1. The van der Waals surface area contributed by atoms with Crippen molar-refractivity contribution in [3.8, 4) is 0 Å². The van der Waals surface area contributed by atoms with Gasteiger partial charge in [0.05, 0.1) is 25.3 Å². The maximum absolute atomic E-state index is 11.9. The Kier molecular flexibility index (Phi) is 4.23. The molecular formula is C13H23N3O3. The smallest absolute Gasteiger partial charge is 0.246 e. The quantitative estimate of drug-likeness (QED) is 0.675. The second-order valence-corrected chi connectivity index (χ2v) is 5.87. The average Bonchev–Trinajstić information content (AvgIpc) is 2.35. The lowest BCUT2D eigenvalue weighted by Crippen LogP contribution is -2.66. The van der Waals surface area contributed by atoms with Gasteiger partial charge < -0.3 is 10.1 Å². The molecule has 6 nitrogen and oxygen atoms in total. The fourth-order valence-electron chi connectivity index (χ4n) is 2.82. The Labute approximate surface area is 113 Å². The highest BCUT2D eigenvalue weighted by molar-refractivity contribution is 6.02. The van der Waals surface area contributed by atoms with Gasteiger partial charge in [-0.05, 0) is 27.2 Å². The number of carbonyl (C=O) groups is 2. The third-order valence-electron chi connectivity index (χ3n) is 4.00. The van der Waals surface area contributed by atoms with Crippen LogP contribution in [0.2, 0.25) is 0 Å². The summed E-state index contributed by atoms with van der Waals surface area (Å²) < 4.78 is 5.44. The van der Waals surface area contributed by atoms with E-state index in [0.717, 1.165) is 19.6 Å². The highest BCUT2D eigenvalue weighted by Crippen LogP contribution is 2.23. The molecule has 0 aliphatic carbocycles. The van der Waals surface area contributed by atoms with Crippen LogP contribution in [0.1, 0.15) is 27.2 Å². The lowest BCUT2D eigenvalue weighted by atomic mass is 9.94. The van der Waals surface area contributed by atoms with E-state index in [2.05, 4.69) is 17.6 Å². The van der Waals surface area contributed by atoms with Crippen molar-refractivity contribution >= 4 is 11.8 Å². The minimum Gasteiger partial charge on any atom is -0.379 e. The minimum absolute atomic E-state index is 0.143. The summed E-state index contributed by atoms with van der Waals surface area (Å²) in [5.74, 6) is -0.438. The molecule has 0 spiro atoms. The second kappa shape index (κ2) is 5.56. The Morgan fingerprint density at radius 3 is 2.84 bits per heavy atom. The number of nitrogens with zero attached hydrogens (tertiary/aromatic N) is 1. The van der Waals surface area contributed by atoms with Gasteiger partial charge in [0.25, 0.3) is 0 Å². The molecule has 2 atom stereocenters. The summed E-state index contributed by atoms with van der Waals surface area (Å²) in [4.78, 5) is 25.5. The lowest BCUT2D eigenvalue weighted by molar-refractivity contribution is -0.147. The maximum Gasteiger partial charge on any atom is 0.246 e. The summed E-state index contributed by atoms with van der Waals surface area (Å²) >= 11 is 0. The number of amides is 2. The fraction of sp³-hybridized carbons (Fsp3) is 0.846. The molecule has 0 saturated carbocycles. The molecule has 2 N–H and O–H groups in total. The second-order valence-electron chi connectivity index (χ2n) is 5.87. The van der Waals surface area contributed by atoms with Crippen molar-refractivity contribution < 1.29 is 14.3 Å². The minimum atomic E-state index is -0.650. The van der Waals surface area contributed by atoms with Crippen molar-refractivity contribution in [1.29, 1.82) is 0 Å². The Hall–Kier alpha value is -0.980. The average molecular weight is 269 g/mol. The van der Waals surface area contributed by atoms with Crippen LogP contribution in [0.15, 0.2) is 0 Å². The van der Waals surface area contributed by atoms with Gasteiger partial charge in [0.2, 0.25) is 11.8 Å². The number of carbonyl (C=O) groups excluding carboxylic acids is 2. The molecule has 0 radical (unpaired) electrons. The molecule has 19 heavy (non-hydrogen) atoms. The SMILES string of the molecule is CC(CC1COCCN1)N1CC(=O)NC(=O)C1(C)C. The van der Waals surface area contributed by atoms with E-state index in [9.17, 15) is 9.59 Å². The molecule has 108 valence electrons. The number of piperazine rings is 1. The molecule has 0 aromatic carbocycles. The van der Waals surface area contributed by atoms with Gasteiger partial charge in [0, 0.05) is 18.6 Å². The van der Waals surface area contributed by atoms with Crippen molar-refractivity contribution in [3.63, 3.8) is 0 Å². The molecule has 0 aromatic heterocycles. The Bertz CT molecular complexity index is 364. The third kappa shape index (κ3) is 3.13. The molecule has 2 aliphatic rings. The topological polar surface area (TPSA) is 70.7 Å². The first-order chi connectivity index (χ1) is 8.91. The van der Waals surface area contributed by atoms with Crippen LogP contribution < -0.4 is 10.6 Å². The Morgan fingerprint density at radius 2 is 2.21 bits per heavy atom. The third-order valence-corrected chi connectivity index (χ3v) is 4.00. The van der Waals surface area contributed by atoms with Crippen LogP contribution in [0.3, 0.4) is 0 Å². The number of hydrogen-bond acceptors (Lipinski definition) is 5. The Morgan fingerprint density at radius 1 is 1.47 bits per heavy atom. The standard InChI is InChI=1S/C13H23N3O3/c1-9(6-10-8-19-5-4-14-10)16-7-11(17)15-12(18)13(16,2)3/h9-10,14H,4-8H2,1-3H3,(H,15,17,18). The van der Waals surface area contributed by atoms with E-state index in [4.69, 9.17) is 4.74 Å². The van der Waals surface area contributed by atoms with Crippen molar-refractivity contribution in [2.24, 2.45) is 0 Å². The van der Waals surface area contributed by atoms with Gasteiger partial charge in [-0.25, -0.2) is 0 Å². The van der Waals surface area contributed by atoms with Crippen LogP contribution in [-0.4, -0.2) is 60.6 Å². The van der Waals surface area contributed by atoms with Gasteiger partial charge in [-0.15, -0.1) is 0 Å². The predicted octanol–water partition coefficient (Wildman–Crippen LogP) is -0.510. The fourth-order valence-corrected chi connectivity index (χ4v) is 2.82. The van der Waals surface area contributed by atoms with Crippen LogP contribution in [0.5, 0.6) is 0 Å². The molecule has 2 heterocycles. The highest BCUT2D eigenvalue weighted by Gasteiger charge is 2.43. The lowest BCUT2D eigenvalue weighted by Gasteiger charge is -2.44. The van der Waals surface area contributed by atoms with Crippen molar-refractivity contribution in [3.05, 3.63) is 0 Å². The molecule has 2 saturated heterocycles. The largest absolute Gasteiger partial charge is 0.379 e. The summed E-state index contributed by atoms with van der Waals surface area (Å²) in [5, 5.41) is 5.80. The van der Waals surface area contributed by atoms with Crippen LogP contribution in [-0.2, 0) is 14.3 Å². The Balaban J connectivity index is 2.01. The van der Waals surface area contributed by atoms with E-state index in [-0.39, 0.29) is 24.4 Å². The number of imide groups is 1. The van der Waals surface area contributed by atoms with Gasteiger partial charge in [-0.1, -0.05) is 0 Å². The van der Waals surface area contributed by atoms with Crippen LogP contribution in [0, 0.1) is 0 Å². The molecule has 2 amide bonds. The van der Waals surface area contributed by atoms with Crippen LogP contribution in [0.25, 0.3) is 0 Å². The maximum atomic E-state index is 11.9. The van der Waals surface area contributed by atoms with Crippen molar-refractivity contribution in [2.75, 3.05) is 26.3 Å². The molecular weight excluding hydrogens is 246 g/mol. The monoisotopic (exact) mass is 269 g/mol. The summed E-state index contributed by atoms with van der Waals surface area (Å²) in [7, 11) is 0. The molecule has 0 aromatic rings. The van der Waals surface area contributed by atoms with Gasteiger partial charge in [-0.2, -0.15) is 0 Å². The first kappa shape index (κ1) is 14.4. The van der Waals surface area contributed by atoms with Gasteiger partial charge in [-0.3, -0.25) is 19.8 Å². The van der Waals surface area contributed by atoms with Gasteiger partial charge >= 0.3 is 0 Å². The molecule has 6 heteroatoms. The van der Waals surface area contributed by atoms with Gasteiger partial charge in [0.1, 0.15) is 0 Å². The van der Waals surface area contributed by atoms with E-state index in [1.807, 2.05) is 18.7 Å². The predicted molar refractivity (Wildman–Crippen MR) is 70.6 cm³/mol. The number of nitrogens with one attached hydrogen (secondary N) is 2. The van der Waals surface area contributed by atoms with E-state index in [0.29, 0.717) is 12.6 Å². The zero-order chi connectivity index (χ0) is 14.0. The van der Waals surface area contributed by atoms with Gasteiger partial charge in [0.15, 0.2) is 0 Å². The zero-order valence-corrected chi connectivity index (χ0v) is 11.9. The number of hydrogen-bond donors (Lipinski definition) is 2. The van der Waals surface area contributed by atoms with Crippen LogP contribution in [0.4, 0.5) is 0 Å². The van der Waals surface area contributed by atoms with E-state index >= 15 is 0 Å². The van der Waals surface area contributed by atoms with Crippen molar-refractivity contribution in [1.82, 2.24) is 15.5 Å². The molecule has 2 fully saturated rings. The zero-order valence-electron chi connectivity index (χ0n) is 11.9. The van der Waals surface area contributed by atoms with Crippen molar-refractivity contribution in [2.45, 2.75) is 44.8 Å². The molecule has 2 unspecified atom stereocenters. The normalized spacial score (nSPS) is 29.9. The van der Waals surface area contributed by atoms with E-state index < -0.39 is 5.54 Å². The summed E-state index contributed by atoms with van der Waals surface area (Å²) in [6.07, 6.45) is 0.865. The first-order valence-corrected chi connectivity index (χ1v) is 6.83. The molecule has 2 rings (SSSR count). The highest BCUT2D eigenvalue weighted by atomic mass is 16.5. The first-order valence-electron chi connectivity index (χ1n) is 6.83. The van der Waals surface area contributed by atoms with E-state index in [1.165, 1.54) is 0 Å².